The Bertz CT molecular complexity index is 1120. The number of benzene rings is 3. The van der Waals surface area contributed by atoms with E-state index in [9.17, 15) is 4.79 Å². The number of amidine groups is 1. The number of hydrogen-bond acceptors (Lipinski definition) is 5. The number of hydrogen-bond donors (Lipinski definition) is 1. The molecule has 1 heterocycles. The van der Waals surface area contributed by atoms with Crippen molar-refractivity contribution >= 4 is 39.7 Å². The van der Waals surface area contributed by atoms with Gasteiger partial charge in [0.05, 0.1) is 12.0 Å². The molecule has 140 valence electrons. The predicted octanol–water partition coefficient (Wildman–Crippen LogP) is 4.36. The van der Waals surface area contributed by atoms with Crippen LogP contribution < -0.4 is 15.2 Å². The van der Waals surface area contributed by atoms with Gasteiger partial charge in [-0.15, -0.1) is 0 Å². The van der Waals surface area contributed by atoms with Crippen molar-refractivity contribution in [1.82, 2.24) is 0 Å². The molecule has 0 spiro atoms. The van der Waals surface area contributed by atoms with Crippen LogP contribution in [-0.4, -0.2) is 18.2 Å². The number of rotatable bonds is 5. The highest BCUT2D eigenvalue weighted by atomic mass is 32.2. The van der Waals surface area contributed by atoms with E-state index in [0.29, 0.717) is 23.0 Å². The fourth-order valence-corrected chi connectivity index (χ4v) is 3.73. The van der Waals surface area contributed by atoms with Gasteiger partial charge in [-0.1, -0.05) is 48.5 Å². The minimum absolute atomic E-state index is 0.262. The highest BCUT2D eigenvalue weighted by Crippen LogP contribution is 2.32. The Balaban J connectivity index is 1.55. The van der Waals surface area contributed by atoms with E-state index in [0.717, 1.165) is 22.9 Å². The number of aliphatic imine (C=N–C) groups is 1. The number of fused-ring (bicyclic) bond motifs is 1. The van der Waals surface area contributed by atoms with Gasteiger partial charge in [0.2, 0.25) is 0 Å². The minimum atomic E-state index is -0.322. The Morgan fingerprint density at radius 1 is 1.07 bits per heavy atom. The Hall–Kier alpha value is -3.25. The first-order chi connectivity index (χ1) is 13.6. The molecule has 5 nitrogen and oxygen atoms in total. The molecule has 3 aromatic carbocycles. The number of carbonyl (C=O) groups is 1. The van der Waals surface area contributed by atoms with Gasteiger partial charge in [0.25, 0.3) is 5.91 Å². The second-order valence-electron chi connectivity index (χ2n) is 6.20. The summed E-state index contributed by atoms with van der Waals surface area (Å²) in [6.07, 6.45) is 1.74. The molecule has 0 radical (unpaired) electrons. The molecular weight excluding hydrogens is 372 g/mol. The lowest BCUT2D eigenvalue weighted by Crippen LogP contribution is -2.01. The van der Waals surface area contributed by atoms with Crippen molar-refractivity contribution < 1.29 is 14.3 Å². The Morgan fingerprint density at radius 3 is 2.68 bits per heavy atom. The van der Waals surface area contributed by atoms with Gasteiger partial charge in [-0.25, -0.2) is 0 Å². The lowest BCUT2D eigenvalue weighted by molar-refractivity contribution is -0.113. The van der Waals surface area contributed by atoms with Crippen LogP contribution in [0, 0.1) is 0 Å². The molecular formula is C22H18N2O3S. The lowest BCUT2D eigenvalue weighted by Gasteiger charge is -2.13. The Kier molecular flexibility index (Phi) is 5.04. The largest absolute Gasteiger partial charge is 0.493 e. The van der Waals surface area contributed by atoms with Crippen molar-refractivity contribution in [3.8, 4) is 11.5 Å². The SMILES string of the molecule is COc1cc(C=C2SC(N)=NC2=O)ccc1OCc1cccc2ccccc12. The van der Waals surface area contributed by atoms with E-state index in [-0.39, 0.29) is 11.1 Å². The second-order valence-corrected chi connectivity index (χ2v) is 7.27. The molecule has 0 unspecified atom stereocenters. The number of nitrogens with zero attached hydrogens (tertiary/aromatic N) is 1. The monoisotopic (exact) mass is 390 g/mol. The van der Waals surface area contributed by atoms with E-state index in [2.05, 4.69) is 29.3 Å². The van der Waals surface area contributed by atoms with Crippen molar-refractivity contribution in [2.24, 2.45) is 10.7 Å². The van der Waals surface area contributed by atoms with Gasteiger partial charge in [0.1, 0.15) is 6.61 Å². The smallest absolute Gasteiger partial charge is 0.286 e. The molecule has 0 bridgehead atoms. The first kappa shape index (κ1) is 18.1. The number of nitrogens with two attached hydrogens (primary N) is 1. The van der Waals surface area contributed by atoms with Gasteiger partial charge in [-0.3, -0.25) is 4.79 Å². The van der Waals surface area contributed by atoms with E-state index in [4.69, 9.17) is 15.2 Å². The first-order valence-electron chi connectivity index (χ1n) is 8.69. The van der Waals surface area contributed by atoms with Crippen molar-refractivity contribution in [2.45, 2.75) is 6.61 Å². The third-order valence-corrected chi connectivity index (χ3v) is 5.20. The van der Waals surface area contributed by atoms with Gasteiger partial charge in [-0.2, -0.15) is 4.99 Å². The first-order valence-corrected chi connectivity index (χ1v) is 9.51. The molecule has 4 rings (SSSR count). The van der Waals surface area contributed by atoms with Gasteiger partial charge < -0.3 is 15.2 Å². The third-order valence-electron chi connectivity index (χ3n) is 4.39. The summed E-state index contributed by atoms with van der Waals surface area (Å²) in [5.41, 5.74) is 7.51. The van der Waals surface area contributed by atoms with Crippen LogP contribution in [0.5, 0.6) is 11.5 Å². The van der Waals surface area contributed by atoms with E-state index in [1.54, 1.807) is 13.2 Å². The third kappa shape index (κ3) is 3.73. The zero-order valence-corrected chi connectivity index (χ0v) is 16.0. The number of carbonyl (C=O) groups excluding carboxylic acids is 1. The number of ether oxygens (including phenoxy) is 2. The highest BCUT2D eigenvalue weighted by molar-refractivity contribution is 8.18. The number of thioether (sulfide) groups is 1. The zero-order chi connectivity index (χ0) is 19.5. The van der Waals surface area contributed by atoms with Crippen LogP contribution in [-0.2, 0) is 11.4 Å². The molecule has 28 heavy (non-hydrogen) atoms. The molecule has 3 aromatic rings. The summed E-state index contributed by atoms with van der Waals surface area (Å²) < 4.78 is 11.5. The van der Waals surface area contributed by atoms with Crippen LogP contribution in [0.25, 0.3) is 16.8 Å². The zero-order valence-electron chi connectivity index (χ0n) is 15.2. The quantitative estimate of drug-likeness (QED) is 0.656. The standard InChI is InChI=1S/C22H18N2O3S/c1-26-19-11-14(12-20-21(25)24-22(23)28-20)9-10-18(19)27-13-16-7-4-6-15-5-2-3-8-17(15)16/h2-12H,13H2,1H3,(H2,23,24,25). The average Bonchev–Trinajstić information content (AvgIpc) is 3.03. The average molecular weight is 390 g/mol. The summed E-state index contributed by atoms with van der Waals surface area (Å²) in [5.74, 6) is 0.912. The van der Waals surface area contributed by atoms with E-state index in [1.165, 1.54) is 10.8 Å². The van der Waals surface area contributed by atoms with Gasteiger partial charge in [0.15, 0.2) is 16.7 Å². The van der Waals surface area contributed by atoms with Crippen LogP contribution in [0.15, 0.2) is 70.6 Å². The van der Waals surface area contributed by atoms with Crippen molar-refractivity contribution in [2.75, 3.05) is 7.11 Å². The minimum Gasteiger partial charge on any atom is -0.493 e. The van der Waals surface area contributed by atoms with Gasteiger partial charge in [-0.05, 0) is 51.9 Å². The summed E-state index contributed by atoms with van der Waals surface area (Å²) in [6, 6.07) is 19.9. The van der Waals surface area contributed by atoms with Crippen molar-refractivity contribution in [3.63, 3.8) is 0 Å². The van der Waals surface area contributed by atoms with Crippen molar-refractivity contribution in [1.29, 1.82) is 0 Å². The lowest BCUT2D eigenvalue weighted by atomic mass is 10.1. The number of methoxy groups -OCH3 is 1. The summed E-state index contributed by atoms with van der Waals surface area (Å²) in [7, 11) is 1.59. The topological polar surface area (TPSA) is 73.9 Å². The molecule has 0 fully saturated rings. The molecule has 1 aliphatic heterocycles. The molecule has 6 heteroatoms. The summed E-state index contributed by atoms with van der Waals surface area (Å²) in [4.78, 5) is 16.0. The fraction of sp³-hybridized carbons (Fsp3) is 0.0909. The molecule has 0 saturated heterocycles. The van der Waals surface area contributed by atoms with Crippen LogP contribution in [0.2, 0.25) is 0 Å². The Morgan fingerprint density at radius 2 is 1.89 bits per heavy atom. The second kappa shape index (κ2) is 7.78. The molecule has 2 N–H and O–H groups in total. The molecule has 0 saturated carbocycles. The summed E-state index contributed by atoms with van der Waals surface area (Å²) >= 11 is 1.16. The van der Waals surface area contributed by atoms with E-state index < -0.39 is 0 Å². The van der Waals surface area contributed by atoms with Gasteiger partial charge >= 0.3 is 0 Å². The fourth-order valence-electron chi connectivity index (χ4n) is 3.04. The summed E-state index contributed by atoms with van der Waals surface area (Å²) in [5, 5.41) is 2.61. The van der Waals surface area contributed by atoms with Crippen LogP contribution in [0.3, 0.4) is 0 Å². The molecule has 0 aliphatic carbocycles. The van der Waals surface area contributed by atoms with Crippen LogP contribution in [0.1, 0.15) is 11.1 Å². The van der Waals surface area contributed by atoms with Crippen LogP contribution >= 0.6 is 11.8 Å². The maximum Gasteiger partial charge on any atom is 0.286 e. The van der Waals surface area contributed by atoms with Crippen molar-refractivity contribution in [3.05, 3.63) is 76.7 Å². The molecule has 0 atom stereocenters. The molecule has 1 aliphatic rings. The van der Waals surface area contributed by atoms with E-state index >= 15 is 0 Å². The highest BCUT2D eigenvalue weighted by Gasteiger charge is 2.19. The summed E-state index contributed by atoms with van der Waals surface area (Å²) in [6.45, 7) is 0.427. The number of amides is 1. The molecule has 1 amide bonds. The maximum atomic E-state index is 11.8. The Labute approximate surface area is 166 Å². The van der Waals surface area contributed by atoms with Gasteiger partial charge in [0, 0.05) is 0 Å². The normalized spacial score (nSPS) is 15.1. The maximum absolute atomic E-state index is 11.8. The van der Waals surface area contributed by atoms with E-state index in [1.807, 2.05) is 36.4 Å². The van der Waals surface area contributed by atoms with Crippen LogP contribution in [0.4, 0.5) is 0 Å². The molecule has 0 aromatic heterocycles. The predicted molar refractivity (Wildman–Crippen MR) is 113 cm³/mol.